The molecule has 5 heteroatoms. The van der Waals surface area contributed by atoms with Gasteiger partial charge in [0.2, 0.25) is 0 Å². The van der Waals surface area contributed by atoms with Crippen molar-refractivity contribution in [1.82, 2.24) is 19.6 Å². The third kappa shape index (κ3) is 3.64. The minimum absolute atomic E-state index is 0.0572. The molecule has 1 aliphatic rings. The van der Waals surface area contributed by atoms with Gasteiger partial charge in [-0.05, 0) is 32.2 Å². The molecule has 2 heterocycles. The highest BCUT2D eigenvalue weighted by atomic mass is 16.2. The summed E-state index contributed by atoms with van der Waals surface area (Å²) in [6, 6.07) is 18.1. The van der Waals surface area contributed by atoms with Gasteiger partial charge in [0.15, 0.2) is 0 Å². The molecule has 2 aromatic carbocycles. The summed E-state index contributed by atoms with van der Waals surface area (Å²) in [5.74, 6) is 0.0572. The summed E-state index contributed by atoms with van der Waals surface area (Å²) in [4.78, 5) is 17.5. The Morgan fingerprint density at radius 2 is 1.70 bits per heavy atom. The van der Waals surface area contributed by atoms with E-state index in [4.69, 9.17) is 5.10 Å². The van der Waals surface area contributed by atoms with Crippen LogP contribution in [0.3, 0.4) is 0 Å². The van der Waals surface area contributed by atoms with E-state index in [0.29, 0.717) is 5.56 Å². The number of hydrogen-bond donors (Lipinski definition) is 0. The third-order valence-corrected chi connectivity index (χ3v) is 5.05. The van der Waals surface area contributed by atoms with Crippen LogP contribution >= 0.6 is 0 Å². The van der Waals surface area contributed by atoms with Crippen LogP contribution in [0.4, 0.5) is 0 Å². The second kappa shape index (κ2) is 7.37. The first-order valence-corrected chi connectivity index (χ1v) is 9.32. The van der Waals surface area contributed by atoms with Gasteiger partial charge in [0.25, 0.3) is 5.91 Å². The number of likely N-dealkylation sites (N-methyl/N-ethyl adjacent to an activating group) is 1. The first kappa shape index (κ1) is 17.5. The van der Waals surface area contributed by atoms with Gasteiger partial charge in [0.1, 0.15) is 5.69 Å². The molecule has 27 heavy (non-hydrogen) atoms. The van der Waals surface area contributed by atoms with Crippen LogP contribution in [0.25, 0.3) is 16.9 Å². The Morgan fingerprint density at radius 1 is 0.963 bits per heavy atom. The van der Waals surface area contributed by atoms with E-state index < -0.39 is 0 Å². The van der Waals surface area contributed by atoms with Crippen molar-refractivity contribution in [2.45, 2.75) is 6.92 Å². The molecule has 1 aliphatic heterocycles. The Morgan fingerprint density at radius 3 is 2.41 bits per heavy atom. The van der Waals surface area contributed by atoms with Gasteiger partial charge in [-0.2, -0.15) is 5.10 Å². The lowest BCUT2D eigenvalue weighted by atomic mass is 10.0. The molecule has 0 spiro atoms. The Hall–Kier alpha value is -2.92. The molecule has 1 saturated heterocycles. The van der Waals surface area contributed by atoms with Gasteiger partial charge in [-0.1, -0.05) is 42.0 Å². The first-order chi connectivity index (χ1) is 13.1. The lowest BCUT2D eigenvalue weighted by Crippen LogP contribution is -2.47. The number of para-hydroxylation sites is 1. The van der Waals surface area contributed by atoms with Crippen LogP contribution in [0, 0.1) is 6.92 Å². The van der Waals surface area contributed by atoms with Crippen molar-refractivity contribution in [3.63, 3.8) is 0 Å². The highest BCUT2D eigenvalue weighted by Gasteiger charge is 2.25. The lowest BCUT2D eigenvalue weighted by molar-refractivity contribution is 0.0665. The van der Waals surface area contributed by atoms with Gasteiger partial charge < -0.3 is 9.80 Å². The van der Waals surface area contributed by atoms with Crippen molar-refractivity contribution in [2.75, 3.05) is 33.2 Å². The molecule has 0 saturated carbocycles. The van der Waals surface area contributed by atoms with Crippen molar-refractivity contribution in [1.29, 1.82) is 0 Å². The number of amides is 1. The van der Waals surface area contributed by atoms with Crippen LogP contribution in [-0.2, 0) is 0 Å². The first-order valence-electron chi connectivity index (χ1n) is 9.32. The third-order valence-electron chi connectivity index (χ3n) is 5.05. The lowest BCUT2D eigenvalue weighted by Gasteiger charge is -2.32. The number of aryl methyl sites for hydroxylation is 1. The van der Waals surface area contributed by atoms with Crippen LogP contribution < -0.4 is 0 Å². The van der Waals surface area contributed by atoms with E-state index in [2.05, 4.69) is 31.0 Å². The molecule has 0 N–H and O–H groups in total. The topological polar surface area (TPSA) is 41.4 Å². The molecule has 0 aliphatic carbocycles. The molecule has 138 valence electrons. The fourth-order valence-corrected chi connectivity index (χ4v) is 3.43. The summed E-state index contributed by atoms with van der Waals surface area (Å²) in [6.45, 7) is 5.36. The quantitative estimate of drug-likeness (QED) is 0.720. The van der Waals surface area contributed by atoms with E-state index in [9.17, 15) is 4.79 Å². The van der Waals surface area contributed by atoms with Gasteiger partial charge in [0, 0.05) is 37.9 Å². The molecule has 1 aromatic heterocycles. The van der Waals surface area contributed by atoms with Gasteiger partial charge in [-0.25, -0.2) is 4.68 Å². The molecule has 0 radical (unpaired) electrons. The van der Waals surface area contributed by atoms with Gasteiger partial charge in [-0.3, -0.25) is 4.79 Å². The zero-order valence-corrected chi connectivity index (χ0v) is 15.8. The van der Waals surface area contributed by atoms with E-state index in [1.165, 1.54) is 0 Å². The largest absolute Gasteiger partial charge is 0.336 e. The molecular formula is C22H24N4O. The molecule has 3 aromatic rings. The smallest absolute Gasteiger partial charge is 0.257 e. The Bertz CT molecular complexity index is 940. The summed E-state index contributed by atoms with van der Waals surface area (Å²) in [6.07, 6.45) is 1.87. The van der Waals surface area contributed by atoms with Gasteiger partial charge in [0.05, 0.1) is 11.3 Å². The zero-order valence-electron chi connectivity index (χ0n) is 15.8. The van der Waals surface area contributed by atoms with E-state index >= 15 is 0 Å². The number of piperazine rings is 1. The van der Waals surface area contributed by atoms with E-state index in [-0.39, 0.29) is 5.91 Å². The normalized spacial score (nSPS) is 15.1. The number of hydrogen-bond acceptors (Lipinski definition) is 3. The number of rotatable bonds is 3. The molecule has 0 unspecified atom stereocenters. The van der Waals surface area contributed by atoms with Crippen molar-refractivity contribution >= 4 is 5.91 Å². The number of carbonyl (C=O) groups excluding carboxylic acids is 1. The predicted molar refractivity (Wildman–Crippen MR) is 107 cm³/mol. The van der Waals surface area contributed by atoms with Crippen LogP contribution in [0.15, 0.2) is 60.8 Å². The average Bonchev–Trinajstić information content (AvgIpc) is 3.14. The van der Waals surface area contributed by atoms with E-state index in [1.54, 1.807) is 4.68 Å². The molecular weight excluding hydrogens is 336 g/mol. The van der Waals surface area contributed by atoms with Crippen molar-refractivity contribution in [2.24, 2.45) is 0 Å². The summed E-state index contributed by atoms with van der Waals surface area (Å²) in [7, 11) is 2.09. The summed E-state index contributed by atoms with van der Waals surface area (Å²) in [5, 5.41) is 4.78. The van der Waals surface area contributed by atoms with Crippen molar-refractivity contribution < 1.29 is 4.79 Å². The Labute approximate surface area is 159 Å². The molecule has 4 rings (SSSR count). The van der Waals surface area contributed by atoms with Crippen LogP contribution in [0.5, 0.6) is 0 Å². The van der Waals surface area contributed by atoms with Crippen LogP contribution in [0.1, 0.15) is 15.9 Å². The van der Waals surface area contributed by atoms with Gasteiger partial charge >= 0.3 is 0 Å². The average molecular weight is 360 g/mol. The molecule has 0 atom stereocenters. The number of aromatic nitrogens is 2. The Kier molecular flexibility index (Phi) is 4.77. The molecule has 1 amide bonds. The van der Waals surface area contributed by atoms with Crippen LogP contribution in [0.2, 0.25) is 0 Å². The SMILES string of the molecule is Cc1cccc(-c2nn(-c3ccccc3)cc2C(=O)N2CCN(C)CC2)c1. The molecule has 1 fully saturated rings. The fourth-order valence-electron chi connectivity index (χ4n) is 3.43. The summed E-state index contributed by atoms with van der Waals surface area (Å²) < 4.78 is 1.81. The number of benzene rings is 2. The van der Waals surface area contributed by atoms with Gasteiger partial charge in [-0.15, -0.1) is 0 Å². The molecule has 5 nitrogen and oxygen atoms in total. The Balaban J connectivity index is 1.76. The number of nitrogens with zero attached hydrogens (tertiary/aromatic N) is 4. The van der Waals surface area contributed by atoms with E-state index in [1.807, 2.05) is 53.6 Å². The van der Waals surface area contributed by atoms with Crippen LogP contribution in [-0.4, -0.2) is 58.7 Å². The highest BCUT2D eigenvalue weighted by Crippen LogP contribution is 2.26. The maximum atomic E-state index is 13.3. The maximum absolute atomic E-state index is 13.3. The monoisotopic (exact) mass is 360 g/mol. The minimum atomic E-state index is 0.0572. The van der Waals surface area contributed by atoms with Crippen molar-refractivity contribution in [3.8, 4) is 16.9 Å². The standard InChI is InChI=1S/C22H24N4O/c1-17-7-6-8-18(15-17)21-20(22(27)25-13-11-24(2)12-14-25)16-26(23-21)19-9-4-3-5-10-19/h3-10,15-16H,11-14H2,1-2H3. The summed E-state index contributed by atoms with van der Waals surface area (Å²) >= 11 is 0. The second-order valence-corrected chi connectivity index (χ2v) is 7.14. The zero-order chi connectivity index (χ0) is 18.8. The predicted octanol–water partition coefficient (Wildman–Crippen LogP) is 3.24. The summed E-state index contributed by atoms with van der Waals surface area (Å²) in [5.41, 5.74) is 4.48. The number of carbonyl (C=O) groups is 1. The fraction of sp³-hybridized carbons (Fsp3) is 0.273. The van der Waals surface area contributed by atoms with Crippen molar-refractivity contribution in [3.05, 3.63) is 71.9 Å². The van der Waals surface area contributed by atoms with E-state index in [0.717, 1.165) is 48.7 Å². The second-order valence-electron chi connectivity index (χ2n) is 7.14. The highest BCUT2D eigenvalue weighted by molar-refractivity contribution is 6.00. The maximum Gasteiger partial charge on any atom is 0.257 e. The minimum Gasteiger partial charge on any atom is -0.336 e. The molecule has 0 bridgehead atoms.